The third kappa shape index (κ3) is 3.27. The van der Waals surface area contributed by atoms with Crippen LogP contribution in [0.5, 0.6) is 0 Å². The van der Waals surface area contributed by atoms with Gasteiger partial charge in [0.1, 0.15) is 16.7 Å². The molecule has 0 aliphatic rings. The summed E-state index contributed by atoms with van der Waals surface area (Å²) in [5.41, 5.74) is 1.08. The summed E-state index contributed by atoms with van der Waals surface area (Å²) in [6.45, 7) is 1.82. The van der Waals surface area contributed by atoms with Crippen LogP contribution in [0, 0.1) is 6.92 Å². The van der Waals surface area contributed by atoms with Gasteiger partial charge in [0, 0.05) is 10.2 Å². The lowest BCUT2D eigenvalue weighted by molar-refractivity contribution is 0.102. The summed E-state index contributed by atoms with van der Waals surface area (Å²) in [6.07, 6.45) is 0. The van der Waals surface area contributed by atoms with E-state index in [4.69, 9.17) is 11.6 Å². The largest absolute Gasteiger partial charge is 0.305 e. The number of aryl methyl sites for hydroxylation is 1. The number of hydrogen-bond donors (Lipinski definition) is 1. The first-order valence-corrected chi connectivity index (χ1v) is 6.30. The fourth-order valence-electron chi connectivity index (χ4n) is 1.40. The minimum Gasteiger partial charge on any atom is -0.305 e. The highest BCUT2D eigenvalue weighted by molar-refractivity contribution is 9.10. The van der Waals surface area contributed by atoms with Crippen LogP contribution in [-0.2, 0) is 0 Å². The van der Waals surface area contributed by atoms with E-state index in [1.165, 1.54) is 0 Å². The molecule has 6 heteroatoms. The average molecular weight is 327 g/mol. The molecular weight excluding hydrogens is 318 g/mol. The Morgan fingerprint density at radius 2 is 2.11 bits per heavy atom. The lowest BCUT2D eigenvalue weighted by atomic mass is 10.3. The predicted molar refractivity (Wildman–Crippen MR) is 73.9 cm³/mol. The van der Waals surface area contributed by atoms with Crippen molar-refractivity contribution in [2.45, 2.75) is 6.92 Å². The van der Waals surface area contributed by atoms with E-state index < -0.39 is 0 Å². The van der Waals surface area contributed by atoms with Gasteiger partial charge in [-0.3, -0.25) is 4.79 Å². The average Bonchev–Trinajstić information content (AvgIpc) is 2.27. The van der Waals surface area contributed by atoms with Gasteiger partial charge in [-0.25, -0.2) is 9.97 Å². The number of carbonyl (C=O) groups excluding carboxylic acids is 1. The van der Waals surface area contributed by atoms with E-state index in [1.54, 1.807) is 24.3 Å². The van der Waals surface area contributed by atoms with Crippen molar-refractivity contribution in [3.8, 4) is 0 Å². The molecule has 0 unspecified atom stereocenters. The van der Waals surface area contributed by atoms with Crippen LogP contribution in [0.25, 0.3) is 0 Å². The van der Waals surface area contributed by atoms with Gasteiger partial charge >= 0.3 is 0 Å². The molecule has 2 heterocycles. The van der Waals surface area contributed by atoms with Crippen LogP contribution in [0.2, 0.25) is 5.15 Å². The summed E-state index contributed by atoms with van der Waals surface area (Å²) in [7, 11) is 0. The van der Waals surface area contributed by atoms with Gasteiger partial charge in [0.15, 0.2) is 0 Å². The number of pyridine rings is 2. The van der Waals surface area contributed by atoms with Crippen LogP contribution in [0.1, 0.15) is 16.2 Å². The maximum absolute atomic E-state index is 12.0. The third-order valence-corrected chi connectivity index (χ3v) is 2.78. The van der Waals surface area contributed by atoms with Crippen molar-refractivity contribution in [1.29, 1.82) is 0 Å². The van der Waals surface area contributed by atoms with Crippen molar-refractivity contribution in [3.63, 3.8) is 0 Å². The second-order valence-electron chi connectivity index (χ2n) is 3.61. The van der Waals surface area contributed by atoms with Crippen LogP contribution in [0.4, 0.5) is 5.82 Å². The molecule has 92 valence electrons. The molecule has 2 aromatic heterocycles. The zero-order chi connectivity index (χ0) is 13.1. The summed E-state index contributed by atoms with van der Waals surface area (Å²) < 4.78 is 0.805. The molecular formula is C12H9BrClN3O. The van der Waals surface area contributed by atoms with Crippen LogP contribution in [-0.4, -0.2) is 15.9 Å². The Morgan fingerprint density at radius 1 is 1.33 bits per heavy atom. The molecule has 0 spiro atoms. The molecule has 0 saturated carbocycles. The zero-order valence-corrected chi connectivity index (χ0v) is 11.8. The number of rotatable bonds is 2. The van der Waals surface area contributed by atoms with Gasteiger partial charge in [-0.2, -0.15) is 0 Å². The first-order chi connectivity index (χ1) is 8.54. The fourth-order valence-corrected chi connectivity index (χ4v) is 2.11. The zero-order valence-electron chi connectivity index (χ0n) is 9.45. The van der Waals surface area contributed by atoms with Crippen molar-refractivity contribution in [2.75, 3.05) is 5.32 Å². The number of hydrogen-bond acceptors (Lipinski definition) is 3. The first-order valence-electron chi connectivity index (χ1n) is 5.13. The summed E-state index contributed by atoms with van der Waals surface area (Å²) >= 11 is 9.06. The Hall–Kier alpha value is -1.46. The Labute approximate surface area is 118 Å². The number of amides is 1. The van der Waals surface area contributed by atoms with Crippen molar-refractivity contribution in [3.05, 3.63) is 51.3 Å². The summed E-state index contributed by atoms with van der Waals surface area (Å²) in [6, 6.07) is 8.49. The Morgan fingerprint density at radius 3 is 2.78 bits per heavy atom. The molecule has 0 aliphatic carbocycles. The fraction of sp³-hybridized carbons (Fsp3) is 0.0833. The Bertz CT molecular complexity index is 583. The van der Waals surface area contributed by atoms with Gasteiger partial charge in [0.05, 0.1) is 0 Å². The Kier molecular flexibility index (Phi) is 3.93. The summed E-state index contributed by atoms with van der Waals surface area (Å²) in [4.78, 5) is 20.1. The number of carbonyl (C=O) groups is 1. The normalized spacial score (nSPS) is 10.2. The van der Waals surface area contributed by atoms with E-state index in [1.807, 2.05) is 13.0 Å². The number of anilines is 1. The van der Waals surface area contributed by atoms with Gasteiger partial charge in [-0.1, -0.05) is 33.6 Å². The predicted octanol–water partition coefficient (Wildman–Crippen LogP) is 3.45. The molecule has 0 aromatic carbocycles. The van der Waals surface area contributed by atoms with Crippen molar-refractivity contribution >= 4 is 39.3 Å². The number of aromatic nitrogens is 2. The standard InChI is InChI=1S/C12H9BrClN3O/c1-7-5-8(13)6-9(15-7)12(18)17-11-4-2-3-10(14)16-11/h2-6H,1H3,(H,16,17,18). The van der Waals surface area contributed by atoms with Crippen molar-refractivity contribution < 1.29 is 4.79 Å². The first kappa shape index (κ1) is 13.0. The van der Waals surface area contributed by atoms with Gasteiger partial charge in [0.25, 0.3) is 5.91 Å². The molecule has 4 nitrogen and oxygen atoms in total. The minimum atomic E-state index is -0.325. The highest BCUT2D eigenvalue weighted by Crippen LogP contribution is 2.14. The van der Waals surface area contributed by atoms with E-state index in [-0.39, 0.29) is 5.91 Å². The quantitative estimate of drug-likeness (QED) is 0.860. The number of halogens is 2. The van der Waals surface area contributed by atoms with Crippen molar-refractivity contribution in [2.24, 2.45) is 0 Å². The highest BCUT2D eigenvalue weighted by atomic mass is 79.9. The molecule has 2 rings (SSSR count). The van der Waals surface area contributed by atoms with Gasteiger partial charge in [-0.05, 0) is 31.2 Å². The molecule has 0 radical (unpaired) electrons. The second-order valence-corrected chi connectivity index (χ2v) is 4.91. The molecule has 0 saturated heterocycles. The van der Waals surface area contributed by atoms with E-state index in [0.29, 0.717) is 16.7 Å². The van der Waals surface area contributed by atoms with Gasteiger partial charge < -0.3 is 5.32 Å². The maximum atomic E-state index is 12.0. The minimum absolute atomic E-state index is 0.323. The second kappa shape index (κ2) is 5.46. The van der Waals surface area contributed by atoms with Crippen molar-refractivity contribution in [1.82, 2.24) is 9.97 Å². The summed E-state index contributed by atoms with van der Waals surface area (Å²) in [5.74, 6) is 0.0705. The van der Waals surface area contributed by atoms with Gasteiger partial charge in [0.2, 0.25) is 0 Å². The number of nitrogens with zero attached hydrogens (tertiary/aromatic N) is 2. The molecule has 1 N–H and O–H groups in total. The SMILES string of the molecule is Cc1cc(Br)cc(C(=O)Nc2cccc(Cl)n2)n1. The topological polar surface area (TPSA) is 54.9 Å². The molecule has 18 heavy (non-hydrogen) atoms. The van der Waals surface area contributed by atoms with E-state index in [0.717, 1.165) is 10.2 Å². The van der Waals surface area contributed by atoms with Crippen LogP contribution >= 0.6 is 27.5 Å². The smallest absolute Gasteiger partial charge is 0.275 e. The molecule has 0 fully saturated rings. The lowest BCUT2D eigenvalue weighted by Gasteiger charge is -2.05. The number of nitrogens with one attached hydrogen (secondary N) is 1. The molecule has 2 aromatic rings. The van der Waals surface area contributed by atoms with Gasteiger partial charge in [-0.15, -0.1) is 0 Å². The maximum Gasteiger partial charge on any atom is 0.275 e. The lowest BCUT2D eigenvalue weighted by Crippen LogP contribution is -2.15. The monoisotopic (exact) mass is 325 g/mol. The molecule has 0 aliphatic heterocycles. The van der Waals surface area contributed by atoms with E-state index in [2.05, 4.69) is 31.2 Å². The summed E-state index contributed by atoms with van der Waals surface area (Å²) in [5, 5.41) is 2.96. The Balaban J connectivity index is 2.22. The van der Waals surface area contributed by atoms with Crippen LogP contribution in [0.15, 0.2) is 34.8 Å². The van der Waals surface area contributed by atoms with E-state index >= 15 is 0 Å². The van der Waals surface area contributed by atoms with Crippen LogP contribution < -0.4 is 5.32 Å². The van der Waals surface area contributed by atoms with Crippen LogP contribution in [0.3, 0.4) is 0 Å². The molecule has 0 atom stereocenters. The highest BCUT2D eigenvalue weighted by Gasteiger charge is 2.10. The molecule has 0 bridgehead atoms. The van der Waals surface area contributed by atoms with E-state index in [9.17, 15) is 4.79 Å². The third-order valence-electron chi connectivity index (χ3n) is 2.11. The molecule has 1 amide bonds.